The smallest absolute Gasteiger partial charge is 0.0392 e. The van der Waals surface area contributed by atoms with Gasteiger partial charge in [-0.05, 0) is 11.1 Å². The molecule has 6 heteroatoms. The Balaban J connectivity index is 4.37. The summed E-state index contributed by atoms with van der Waals surface area (Å²) in [6.45, 7) is 6.56. The zero-order chi connectivity index (χ0) is 7.98. The van der Waals surface area contributed by atoms with E-state index in [1.807, 2.05) is 0 Å². The Morgan fingerprint density at radius 1 is 1.00 bits per heavy atom. The summed E-state index contributed by atoms with van der Waals surface area (Å²) in [6, 6.07) is 0. The van der Waals surface area contributed by atoms with Gasteiger partial charge in [-0.25, -0.2) is 0 Å². The van der Waals surface area contributed by atoms with Crippen LogP contribution >= 0.6 is 0 Å². The van der Waals surface area contributed by atoms with Crippen molar-refractivity contribution in [2.75, 3.05) is 0 Å². The predicted octanol–water partition coefficient (Wildman–Crippen LogP) is 2.63. The molecule has 50 valence electrons. The molecule has 0 aromatic rings. The average Bonchev–Trinajstić information content (AvgIpc) is 1.89. The zero-order valence-electron chi connectivity index (χ0n) is 5.10. The lowest BCUT2D eigenvalue weighted by atomic mass is 10.4. The summed E-state index contributed by atoms with van der Waals surface area (Å²) in [5, 5.41) is 6.13. The maximum atomic E-state index is 7.88. The van der Waals surface area contributed by atoms with Gasteiger partial charge < -0.3 is 0 Å². The normalized spacial score (nSPS) is 6.80. The van der Waals surface area contributed by atoms with E-state index < -0.39 is 0 Å². The monoisotopic (exact) mass is 136 g/mol. The van der Waals surface area contributed by atoms with Gasteiger partial charge in [0, 0.05) is 21.2 Å². The minimum absolute atomic E-state index is 0.0281. The van der Waals surface area contributed by atoms with Gasteiger partial charge >= 0.3 is 0 Å². The van der Waals surface area contributed by atoms with Crippen LogP contribution in [0.1, 0.15) is 0 Å². The lowest BCUT2D eigenvalue weighted by Crippen LogP contribution is -1.72. The lowest BCUT2D eigenvalue weighted by Gasteiger charge is -1.89. The molecule has 0 spiro atoms. The first-order chi connectivity index (χ1) is 4.72. The minimum Gasteiger partial charge on any atom is -0.0890 e. The van der Waals surface area contributed by atoms with E-state index >= 15 is 0 Å². The number of hydrogen-bond donors (Lipinski definition) is 0. The fourth-order valence-corrected chi connectivity index (χ4v) is 0.223. The van der Waals surface area contributed by atoms with Crippen molar-refractivity contribution in [1.82, 2.24) is 0 Å². The van der Waals surface area contributed by atoms with Crippen molar-refractivity contribution in [1.29, 1.82) is 0 Å². The third kappa shape index (κ3) is 2.42. The Labute approximate surface area is 56.7 Å². The van der Waals surface area contributed by atoms with E-state index in [0.717, 1.165) is 0 Å². The van der Waals surface area contributed by atoms with Crippen LogP contribution < -0.4 is 0 Å². The fraction of sp³-hybridized carbons (Fsp3) is 0. The average molecular weight is 136 g/mol. The Morgan fingerprint density at radius 3 is 1.50 bits per heavy atom. The van der Waals surface area contributed by atoms with Gasteiger partial charge in [-0.2, -0.15) is 0 Å². The summed E-state index contributed by atoms with van der Waals surface area (Å²) in [6.07, 6.45) is 0. The number of nitrogens with zero attached hydrogens (tertiary/aromatic N) is 6. The van der Waals surface area contributed by atoms with Crippen molar-refractivity contribution in [3.8, 4) is 0 Å². The first-order valence-electron chi connectivity index (χ1n) is 2.20. The summed E-state index contributed by atoms with van der Waals surface area (Å²) in [5.74, 6) is 0. The van der Waals surface area contributed by atoms with Crippen molar-refractivity contribution >= 4 is 0 Å². The molecule has 0 aromatic heterocycles. The maximum Gasteiger partial charge on any atom is 0.0392 e. The van der Waals surface area contributed by atoms with Crippen LogP contribution in [0, 0.1) is 0 Å². The number of hydrogen-bond acceptors (Lipinski definition) is 2. The Hall–Kier alpha value is -1.90. The highest BCUT2D eigenvalue weighted by atomic mass is 15.2. The van der Waals surface area contributed by atoms with Crippen LogP contribution in [0.2, 0.25) is 0 Å². The molecule has 0 heterocycles. The molecule has 0 radical (unpaired) electrons. The summed E-state index contributed by atoms with van der Waals surface area (Å²) >= 11 is 0. The SMILES string of the molecule is C=C(N=[N+]=[N-])C(=C)N=[N+]=[N-]. The predicted molar refractivity (Wildman–Crippen MR) is 36.6 cm³/mol. The van der Waals surface area contributed by atoms with Gasteiger partial charge in [0.25, 0.3) is 0 Å². The molecular formula is C4H4N6. The molecule has 10 heavy (non-hydrogen) atoms. The van der Waals surface area contributed by atoms with Crippen molar-refractivity contribution in [2.45, 2.75) is 0 Å². The van der Waals surface area contributed by atoms with Crippen LogP contribution in [0.3, 0.4) is 0 Å². The standard InChI is InChI=1S/C4H4N6/c1-3(7-9-5)4(2)8-10-6/h1-2H2. The van der Waals surface area contributed by atoms with E-state index in [2.05, 4.69) is 33.2 Å². The van der Waals surface area contributed by atoms with E-state index in [0.29, 0.717) is 0 Å². The lowest BCUT2D eigenvalue weighted by molar-refractivity contribution is 1.23. The molecule has 0 aliphatic heterocycles. The van der Waals surface area contributed by atoms with Crippen molar-refractivity contribution in [3.63, 3.8) is 0 Å². The fourth-order valence-electron chi connectivity index (χ4n) is 0.223. The quantitative estimate of drug-likeness (QED) is 0.246. The van der Waals surface area contributed by atoms with E-state index in [1.54, 1.807) is 0 Å². The molecule has 0 amide bonds. The van der Waals surface area contributed by atoms with Crippen molar-refractivity contribution in [2.24, 2.45) is 10.2 Å². The molecule has 0 aromatic carbocycles. The van der Waals surface area contributed by atoms with Gasteiger partial charge in [-0.15, -0.1) is 0 Å². The first-order valence-corrected chi connectivity index (χ1v) is 2.20. The summed E-state index contributed by atoms with van der Waals surface area (Å²) in [4.78, 5) is 4.84. The highest BCUT2D eigenvalue weighted by molar-refractivity contribution is 5.22. The summed E-state index contributed by atoms with van der Waals surface area (Å²) < 4.78 is 0. The second kappa shape index (κ2) is 4.03. The highest BCUT2D eigenvalue weighted by Gasteiger charge is 1.90. The topological polar surface area (TPSA) is 97.5 Å². The van der Waals surface area contributed by atoms with E-state index in [4.69, 9.17) is 11.1 Å². The molecule has 0 N–H and O–H groups in total. The molecule has 0 atom stereocenters. The number of rotatable bonds is 3. The highest BCUT2D eigenvalue weighted by Crippen LogP contribution is 2.07. The largest absolute Gasteiger partial charge is 0.0890 e. The molecule has 0 rings (SSSR count). The van der Waals surface area contributed by atoms with Crippen LogP contribution in [0.25, 0.3) is 20.9 Å². The van der Waals surface area contributed by atoms with Crippen molar-refractivity contribution < 1.29 is 0 Å². The molecule has 0 aliphatic rings. The molecule has 0 saturated carbocycles. The molecule has 0 aliphatic carbocycles. The van der Waals surface area contributed by atoms with E-state index in [-0.39, 0.29) is 11.4 Å². The molecule has 0 bridgehead atoms. The molecule has 0 saturated heterocycles. The van der Waals surface area contributed by atoms with E-state index in [9.17, 15) is 0 Å². The van der Waals surface area contributed by atoms with Crippen LogP contribution in [-0.4, -0.2) is 0 Å². The first kappa shape index (κ1) is 8.10. The third-order valence-electron chi connectivity index (χ3n) is 0.664. The second-order valence-corrected chi connectivity index (χ2v) is 1.27. The van der Waals surface area contributed by atoms with Gasteiger partial charge in [-0.3, -0.25) is 0 Å². The second-order valence-electron chi connectivity index (χ2n) is 1.27. The van der Waals surface area contributed by atoms with E-state index in [1.165, 1.54) is 0 Å². The molecular weight excluding hydrogens is 132 g/mol. The van der Waals surface area contributed by atoms with Crippen molar-refractivity contribution in [3.05, 3.63) is 45.4 Å². The van der Waals surface area contributed by atoms with Crippen LogP contribution in [0.4, 0.5) is 0 Å². The summed E-state index contributed by atoms with van der Waals surface area (Å²) in [5.41, 5.74) is 15.8. The van der Waals surface area contributed by atoms with Gasteiger partial charge in [-0.1, -0.05) is 23.4 Å². The van der Waals surface area contributed by atoms with Crippen LogP contribution in [-0.2, 0) is 0 Å². The third-order valence-corrected chi connectivity index (χ3v) is 0.664. The Bertz CT molecular complexity index is 223. The number of azide groups is 2. The Morgan fingerprint density at radius 2 is 1.30 bits per heavy atom. The van der Waals surface area contributed by atoms with Gasteiger partial charge in [0.05, 0.1) is 0 Å². The molecule has 0 unspecified atom stereocenters. The minimum atomic E-state index is 0.0281. The molecule has 0 fully saturated rings. The zero-order valence-corrected chi connectivity index (χ0v) is 5.10. The van der Waals surface area contributed by atoms with Gasteiger partial charge in [0.15, 0.2) is 0 Å². The van der Waals surface area contributed by atoms with Gasteiger partial charge in [0.2, 0.25) is 0 Å². The van der Waals surface area contributed by atoms with Crippen LogP contribution in [0.15, 0.2) is 34.8 Å². The Kier molecular flexibility index (Phi) is 3.26. The van der Waals surface area contributed by atoms with Crippen LogP contribution in [0.5, 0.6) is 0 Å². The maximum absolute atomic E-state index is 7.88. The summed E-state index contributed by atoms with van der Waals surface area (Å²) in [7, 11) is 0. The molecule has 6 nitrogen and oxygen atoms in total. The van der Waals surface area contributed by atoms with Gasteiger partial charge in [0.1, 0.15) is 0 Å².